The van der Waals surface area contributed by atoms with Gasteiger partial charge in [-0.3, -0.25) is 9.69 Å². The lowest BCUT2D eigenvalue weighted by Crippen LogP contribution is -2.68. The van der Waals surface area contributed by atoms with E-state index >= 15 is 0 Å². The van der Waals surface area contributed by atoms with Gasteiger partial charge in [0.15, 0.2) is 0 Å². The molecule has 1 atom stereocenters. The van der Waals surface area contributed by atoms with Gasteiger partial charge in [0.2, 0.25) is 0 Å². The van der Waals surface area contributed by atoms with Gasteiger partial charge in [0.25, 0.3) is 0 Å². The molecule has 1 saturated carbocycles. The molecule has 1 unspecified atom stereocenters. The van der Waals surface area contributed by atoms with Crippen LogP contribution in [-0.4, -0.2) is 49.2 Å². The van der Waals surface area contributed by atoms with Gasteiger partial charge in [-0.05, 0) is 25.2 Å². The second-order valence-corrected chi connectivity index (χ2v) is 6.41. The maximum Gasteiger partial charge on any atom is 0.327 e. The number of piperazine rings is 1. The summed E-state index contributed by atoms with van der Waals surface area (Å²) in [6, 6.07) is 0. The Morgan fingerprint density at radius 3 is 2.42 bits per heavy atom. The first-order valence-corrected chi connectivity index (χ1v) is 7.67. The van der Waals surface area contributed by atoms with E-state index < -0.39 is 5.54 Å². The number of esters is 1. The molecule has 2 fully saturated rings. The summed E-state index contributed by atoms with van der Waals surface area (Å²) in [7, 11) is 0. The molecule has 0 aromatic carbocycles. The second-order valence-electron chi connectivity index (χ2n) is 6.41. The highest BCUT2D eigenvalue weighted by Crippen LogP contribution is 2.48. The predicted molar refractivity (Wildman–Crippen MR) is 76.1 cm³/mol. The van der Waals surface area contributed by atoms with Gasteiger partial charge >= 0.3 is 5.97 Å². The predicted octanol–water partition coefficient (Wildman–Crippen LogP) is 1.79. The molecular weight excluding hydrogens is 240 g/mol. The summed E-state index contributed by atoms with van der Waals surface area (Å²) < 4.78 is 5.47. The first kappa shape index (κ1) is 14.8. The van der Waals surface area contributed by atoms with Crippen LogP contribution >= 0.6 is 0 Å². The van der Waals surface area contributed by atoms with Gasteiger partial charge in [0.1, 0.15) is 5.54 Å². The van der Waals surface area contributed by atoms with Crippen molar-refractivity contribution in [3.05, 3.63) is 0 Å². The van der Waals surface area contributed by atoms with Gasteiger partial charge in [0.05, 0.1) is 6.61 Å². The fraction of sp³-hybridized carbons (Fsp3) is 0.933. The van der Waals surface area contributed by atoms with Gasteiger partial charge in [-0.2, -0.15) is 0 Å². The number of hydrogen-bond acceptors (Lipinski definition) is 4. The monoisotopic (exact) mass is 268 g/mol. The molecule has 1 N–H and O–H groups in total. The fourth-order valence-electron chi connectivity index (χ4n) is 3.88. The van der Waals surface area contributed by atoms with E-state index in [4.69, 9.17) is 4.74 Å². The molecule has 2 aliphatic rings. The summed E-state index contributed by atoms with van der Waals surface area (Å²) in [4.78, 5) is 15.1. The standard InChI is InChI=1S/C15H28N2O2/c1-4-19-13(18)15(17-11-9-16-10-12-17)8-6-5-7-14(15,2)3/h16H,4-12H2,1-3H3. The van der Waals surface area contributed by atoms with Crippen molar-refractivity contribution in [2.45, 2.75) is 52.0 Å². The average molecular weight is 268 g/mol. The molecule has 0 aromatic rings. The van der Waals surface area contributed by atoms with E-state index in [9.17, 15) is 4.79 Å². The molecule has 2 rings (SSSR count). The summed E-state index contributed by atoms with van der Waals surface area (Å²) >= 11 is 0. The van der Waals surface area contributed by atoms with Crippen molar-refractivity contribution in [3.8, 4) is 0 Å². The largest absolute Gasteiger partial charge is 0.465 e. The normalized spacial score (nSPS) is 31.9. The van der Waals surface area contributed by atoms with E-state index in [0.29, 0.717) is 6.61 Å². The third kappa shape index (κ3) is 2.52. The van der Waals surface area contributed by atoms with E-state index in [2.05, 4.69) is 24.1 Å². The van der Waals surface area contributed by atoms with E-state index in [1.807, 2.05) is 6.92 Å². The van der Waals surface area contributed by atoms with Crippen LogP contribution in [0.5, 0.6) is 0 Å². The van der Waals surface area contributed by atoms with E-state index in [1.54, 1.807) is 0 Å². The van der Waals surface area contributed by atoms with Crippen LogP contribution in [0.4, 0.5) is 0 Å². The fourth-order valence-corrected chi connectivity index (χ4v) is 3.88. The van der Waals surface area contributed by atoms with Crippen molar-refractivity contribution in [2.75, 3.05) is 32.8 Å². The average Bonchev–Trinajstić information content (AvgIpc) is 2.39. The van der Waals surface area contributed by atoms with Crippen LogP contribution in [-0.2, 0) is 9.53 Å². The van der Waals surface area contributed by atoms with Crippen molar-refractivity contribution >= 4 is 5.97 Å². The van der Waals surface area contributed by atoms with Gasteiger partial charge in [0, 0.05) is 26.2 Å². The minimum atomic E-state index is -0.413. The second kappa shape index (κ2) is 5.80. The molecule has 0 aromatic heterocycles. The minimum Gasteiger partial charge on any atom is -0.465 e. The zero-order valence-electron chi connectivity index (χ0n) is 12.6. The van der Waals surface area contributed by atoms with Crippen LogP contribution in [0.15, 0.2) is 0 Å². The maximum absolute atomic E-state index is 12.8. The van der Waals surface area contributed by atoms with Crippen LogP contribution in [0.25, 0.3) is 0 Å². The van der Waals surface area contributed by atoms with Crippen molar-refractivity contribution < 1.29 is 9.53 Å². The number of carbonyl (C=O) groups excluding carboxylic acids is 1. The Labute approximate surface area is 116 Å². The number of hydrogen-bond donors (Lipinski definition) is 1. The van der Waals surface area contributed by atoms with Crippen LogP contribution in [0, 0.1) is 5.41 Å². The van der Waals surface area contributed by atoms with Crippen molar-refractivity contribution in [3.63, 3.8) is 0 Å². The molecule has 4 nitrogen and oxygen atoms in total. The van der Waals surface area contributed by atoms with Crippen molar-refractivity contribution in [1.82, 2.24) is 10.2 Å². The highest BCUT2D eigenvalue weighted by molar-refractivity contribution is 5.82. The molecule has 1 saturated heterocycles. The van der Waals surface area contributed by atoms with Crippen molar-refractivity contribution in [2.24, 2.45) is 5.41 Å². The molecule has 0 spiro atoms. The molecule has 110 valence electrons. The molecule has 0 radical (unpaired) electrons. The Morgan fingerprint density at radius 2 is 1.84 bits per heavy atom. The molecule has 4 heteroatoms. The number of carbonyl (C=O) groups is 1. The third-order valence-corrected chi connectivity index (χ3v) is 4.98. The molecule has 0 bridgehead atoms. The lowest BCUT2D eigenvalue weighted by molar-refractivity contribution is -0.173. The number of rotatable bonds is 3. The third-order valence-electron chi connectivity index (χ3n) is 4.98. The molecule has 1 aliphatic heterocycles. The molecule has 19 heavy (non-hydrogen) atoms. The van der Waals surface area contributed by atoms with E-state index in [-0.39, 0.29) is 11.4 Å². The van der Waals surface area contributed by atoms with Gasteiger partial charge in [-0.1, -0.05) is 26.7 Å². The Kier molecular flexibility index (Phi) is 4.51. The summed E-state index contributed by atoms with van der Waals surface area (Å²) in [6.45, 7) is 10.7. The molecule has 0 amide bonds. The first-order valence-electron chi connectivity index (χ1n) is 7.67. The quantitative estimate of drug-likeness (QED) is 0.793. The van der Waals surface area contributed by atoms with Gasteiger partial charge in [-0.15, -0.1) is 0 Å². The SMILES string of the molecule is CCOC(=O)C1(N2CCNCC2)CCCCC1(C)C. The Morgan fingerprint density at radius 1 is 1.21 bits per heavy atom. The van der Waals surface area contributed by atoms with Crippen LogP contribution in [0.2, 0.25) is 0 Å². The summed E-state index contributed by atoms with van der Waals surface area (Å²) in [5.41, 5.74) is -0.418. The lowest BCUT2D eigenvalue weighted by atomic mass is 9.62. The molecule has 1 aliphatic carbocycles. The molecular formula is C15H28N2O2. The number of nitrogens with zero attached hydrogens (tertiary/aromatic N) is 1. The first-order chi connectivity index (χ1) is 9.04. The lowest BCUT2D eigenvalue weighted by Gasteiger charge is -2.55. The minimum absolute atomic E-state index is 0.00148. The number of ether oxygens (including phenoxy) is 1. The van der Waals surface area contributed by atoms with E-state index in [0.717, 1.165) is 45.4 Å². The van der Waals surface area contributed by atoms with Gasteiger partial charge in [-0.25, -0.2) is 0 Å². The smallest absolute Gasteiger partial charge is 0.327 e. The van der Waals surface area contributed by atoms with Crippen LogP contribution < -0.4 is 5.32 Å². The summed E-state index contributed by atoms with van der Waals surface area (Å²) in [5, 5.41) is 3.38. The van der Waals surface area contributed by atoms with Crippen molar-refractivity contribution in [1.29, 1.82) is 0 Å². The van der Waals surface area contributed by atoms with E-state index in [1.165, 1.54) is 6.42 Å². The Hall–Kier alpha value is -0.610. The highest BCUT2D eigenvalue weighted by atomic mass is 16.5. The maximum atomic E-state index is 12.8. The zero-order chi connectivity index (χ0) is 13.9. The zero-order valence-corrected chi connectivity index (χ0v) is 12.6. The summed E-state index contributed by atoms with van der Waals surface area (Å²) in [5.74, 6) is 0.00148. The topological polar surface area (TPSA) is 41.6 Å². The van der Waals surface area contributed by atoms with Crippen LogP contribution in [0.3, 0.4) is 0 Å². The van der Waals surface area contributed by atoms with Crippen LogP contribution in [0.1, 0.15) is 46.5 Å². The molecule has 1 heterocycles. The highest BCUT2D eigenvalue weighted by Gasteiger charge is 2.56. The Balaban J connectivity index is 2.32. The Bertz CT molecular complexity index is 324. The van der Waals surface area contributed by atoms with Gasteiger partial charge < -0.3 is 10.1 Å². The summed E-state index contributed by atoms with van der Waals surface area (Å²) in [6.07, 6.45) is 4.40. The number of nitrogens with one attached hydrogen (secondary N) is 1.